The molecule has 10 heteroatoms. The summed E-state index contributed by atoms with van der Waals surface area (Å²) in [5, 5.41) is 7.95. The van der Waals surface area contributed by atoms with Crippen LogP contribution in [0.5, 0.6) is 5.75 Å². The highest BCUT2D eigenvalue weighted by atomic mass is 32.2. The van der Waals surface area contributed by atoms with E-state index in [0.29, 0.717) is 17.3 Å². The number of rotatable bonds is 8. The number of methoxy groups -OCH3 is 1. The van der Waals surface area contributed by atoms with Gasteiger partial charge < -0.3 is 13.9 Å². The molecule has 9 nitrogen and oxygen atoms in total. The molecule has 4 aromatic rings. The summed E-state index contributed by atoms with van der Waals surface area (Å²) in [6.07, 6.45) is -0.838. The van der Waals surface area contributed by atoms with Crippen LogP contribution in [-0.4, -0.2) is 38.7 Å². The van der Waals surface area contributed by atoms with E-state index in [9.17, 15) is 13.2 Å². The number of carbonyl (C=O) groups excluding carboxylic acids is 1. The number of hydrogen-bond acceptors (Lipinski definition) is 8. The molecule has 0 saturated carbocycles. The van der Waals surface area contributed by atoms with E-state index < -0.39 is 22.1 Å². The SMILES string of the molecule is COc1ccc(N(C)S(=O)(=O)c2cccc(C(=O)OC(C)c3nnc(-c4ccccc4)o3)c2)cc1. The maximum Gasteiger partial charge on any atom is 0.338 e. The van der Waals surface area contributed by atoms with Crippen molar-refractivity contribution in [2.24, 2.45) is 0 Å². The van der Waals surface area contributed by atoms with E-state index in [0.717, 1.165) is 9.87 Å². The van der Waals surface area contributed by atoms with Crippen molar-refractivity contribution >= 4 is 21.7 Å². The molecule has 0 spiro atoms. The minimum atomic E-state index is -3.93. The Kier molecular flexibility index (Phi) is 6.83. The predicted octanol–water partition coefficient (Wildman–Crippen LogP) is 4.49. The fraction of sp³-hybridized carbons (Fsp3) is 0.160. The fourth-order valence-corrected chi connectivity index (χ4v) is 4.49. The lowest BCUT2D eigenvalue weighted by Crippen LogP contribution is -2.26. The number of sulfonamides is 1. The van der Waals surface area contributed by atoms with Gasteiger partial charge in [-0.1, -0.05) is 24.3 Å². The van der Waals surface area contributed by atoms with Crippen molar-refractivity contribution in [3.8, 4) is 17.2 Å². The van der Waals surface area contributed by atoms with Crippen LogP contribution in [0.25, 0.3) is 11.5 Å². The summed E-state index contributed by atoms with van der Waals surface area (Å²) in [7, 11) is -0.968. The van der Waals surface area contributed by atoms with E-state index in [1.807, 2.05) is 30.3 Å². The van der Waals surface area contributed by atoms with Gasteiger partial charge in [-0.25, -0.2) is 13.2 Å². The van der Waals surface area contributed by atoms with E-state index >= 15 is 0 Å². The Labute approximate surface area is 203 Å². The lowest BCUT2D eigenvalue weighted by atomic mass is 10.2. The van der Waals surface area contributed by atoms with Crippen LogP contribution >= 0.6 is 0 Å². The number of anilines is 1. The molecule has 0 saturated heterocycles. The average molecular weight is 494 g/mol. The molecule has 1 heterocycles. The van der Waals surface area contributed by atoms with Gasteiger partial charge >= 0.3 is 5.97 Å². The molecular formula is C25H23N3O6S. The minimum Gasteiger partial charge on any atom is -0.497 e. The van der Waals surface area contributed by atoms with Gasteiger partial charge in [-0.15, -0.1) is 10.2 Å². The molecule has 35 heavy (non-hydrogen) atoms. The lowest BCUT2D eigenvalue weighted by Gasteiger charge is -2.20. The van der Waals surface area contributed by atoms with Crippen LogP contribution in [-0.2, 0) is 14.8 Å². The van der Waals surface area contributed by atoms with Crippen LogP contribution in [0.3, 0.4) is 0 Å². The van der Waals surface area contributed by atoms with Gasteiger partial charge in [0.25, 0.3) is 15.9 Å². The standard InChI is InChI=1S/C25H23N3O6S/c1-17(23-26-27-24(34-23)18-8-5-4-6-9-18)33-25(29)19-10-7-11-22(16-19)35(30,31)28(2)20-12-14-21(32-3)15-13-20/h4-17H,1-3H3. The zero-order valence-corrected chi connectivity index (χ0v) is 20.1. The van der Waals surface area contributed by atoms with E-state index in [4.69, 9.17) is 13.9 Å². The maximum atomic E-state index is 13.2. The molecule has 0 aliphatic carbocycles. The number of benzene rings is 3. The van der Waals surface area contributed by atoms with E-state index in [1.54, 1.807) is 31.2 Å². The molecule has 0 radical (unpaired) electrons. The molecular weight excluding hydrogens is 470 g/mol. The van der Waals surface area contributed by atoms with E-state index in [-0.39, 0.29) is 16.3 Å². The second-order valence-corrected chi connectivity index (χ2v) is 9.53. The Balaban J connectivity index is 1.50. The summed E-state index contributed by atoms with van der Waals surface area (Å²) >= 11 is 0. The Morgan fingerprint density at radius 3 is 2.37 bits per heavy atom. The summed E-state index contributed by atoms with van der Waals surface area (Å²) in [6, 6.07) is 21.4. The summed E-state index contributed by atoms with van der Waals surface area (Å²) in [5.74, 6) is 0.315. The molecule has 0 N–H and O–H groups in total. The van der Waals surface area contributed by atoms with Crippen LogP contribution in [0.2, 0.25) is 0 Å². The smallest absolute Gasteiger partial charge is 0.338 e. The van der Waals surface area contributed by atoms with Crippen LogP contribution in [0, 0.1) is 0 Å². The van der Waals surface area contributed by atoms with Gasteiger partial charge in [0.2, 0.25) is 5.89 Å². The molecule has 3 aromatic carbocycles. The Bertz CT molecular complexity index is 1420. The van der Waals surface area contributed by atoms with Gasteiger partial charge in [0.15, 0.2) is 6.10 Å². The van der Waals surface area contributed by atoms with Crippen molar-refractivity contribution in [3.63, 3.8) is 0 Å². The summed E-state index contributed by atoms with van der Waals surface area (Å²) < 4.78 is 43.6. The molecule has 0 fully saturated rings. The van der Waals surface area contributed by atoms with Gasteiger partial charge in [0, 0.05) is 12.6 Å². The Morgan fingerprint density at radius 1 is 0.971 bits per heavy atom. The van der Waals surface area contributed by atoms with Crippen LogP contribution < -0.4 is 9.04 Å². The van der Waals surface area contributed by atoms with Crippen molar-refractivity contribution in [2.75, 3.05) is 18.5 Å². The van der Waals surface area contributed by atoms with Gasteiger partial charge in [-0.2, -0.15) is 0 Å². The average Bonchev–Trinajstić information content (AvgIpc) is 3.39. The number of nitrogens with zero attached hydrogens (tertiary/aromatic N) is 3. The quantitative estimate of drug-likeness (QED) is 0.330. The Morgan fingerprint density at radius 2 is 1.69 bits per heavy atom. The molecule has 1 atom stereocenters. The Hall–Kier alpha value is -4.18. The van der Waals surface area contributed by atoms with Crippen molar-refractivity contribution in [2.45, 2.75) is 17.9 Å². The molecule has 0 aliphatic heterocycles. The molecule has 1 aromatic heterocycles. The monoisotopic (exact) mass is 493 g/mol. The van der Waals surface area contributed by atoms with Crippen molar-refractivity contribution in [1.29, 1.82) is 0 Å². The molecule has 180 valence electrons. The van der Waals surface area contributed by atoms with Crippen molar-refractivity contribution in [1.82, 2.24) is 10.2 Å². The summed E-state index contributed by atoms with van der Waals surface area (Å²) in [4.78, 5) is 12.7. The second-order valence-electron chi connectivity index (χ2n) is 7.56. The summed E-state index contributed by atoms with van der Waals surface area (Å²) in [6.45, 7) is 1.60. The van der Waals surface area contributed by atoms with E-state index in [2.05, 4.69) is 10.2 Å². The number of esters is 1. The van der Waals surface area contributed by atoms with Crippen molar-refractivity contribution < 1.29 is 27.1 Å². The van der Waals surface area contributed by atoms with Crippen LogP contribution in [0.4, 0.5) is 5.69 Å². The topological polar surface area (TPSA) is 112 Å². The van der Waals surface area contributed by atoms with Gasteiger partial charge in [0.1, 0.15) is 5.75 Å². The molecule has 0 bridgehead atoms. The molecule has 4 rings (SSSR count). The maximum absolute atomic E-state index is 13.2. The largest absolute Gasteiger partial charge is 0.497 e. The number of carbonyl (C=O) groups is 1. The predicted molar refractivity (Wildman–Crippen MR) is 129 cm³/mol. The van der Waals surface area contributed by atoms with Crippen molar-refractivity contribution in [3.05, 3.63) is 90.3 Å². The van der Waals surface area contributed by atoms with Gasteiger partial charge in [0.05, 0.1) is 23.3 Å². The first-order valence-corrected chi connectivity index (χ1v) is 12.1. The normalized spacial score (nSPS) is 12.1. The van der Waals surface area contributed by atoms with Crippen LogP contribution in [0.15, 0.2) is 88.2 Å². The number of hydrogen-bond donors (Lipinski definition) is 0. The van der Waals surface area contributed by atoms with Gasteiger partial charge in [-0.3, -0.25) is 4.31 Å². The third-order valence-electron chi connectivity index (χ3n) is 5.26. The summed E-state index contributed by atoms with van der Waals surface area (Å²) in [5.41, 5.74) is 1.26. The zero-order chi connectivity index (χ0) is 25.0. The number of ether oxygens (including phenoxy) is 2. The molecule has 0 aliphatic rings. The minimum absolute atomic E-state index is 0.0536. The van der Waals surface area contributed by atoms with Gasteiger partial charge in [-0.05, 0) is 61.5 Å². The highest BCUT2D eigenvalue weighted by molar-refractivity contribution is 7.92. The first-order chi connectivity index (χ1) is 16.8. The molecule has 1 unspecified atom stereocenters. The second kappa shape index (κ2) is 9.98. The third-order valence-corrected chi connectivity index (χ3v) is 7.04. The first kappa shape index (κ1) is 24.0. The van der Waals surface area contributed by atoms with E-state index in [1.165, 1.54) is 38.4 Å². The number of aromatic nitrogens is 2. The highest BCUT2D eigenvalue weighted by Crippen LogP contribution is 2.26. The lowest BCUT2D eigenvalue weighted by molar-refractivity contribution is 0.0279. The fourth-order valence-electron chi connectivity index (χ4n) is 3.25. The highest BCUT2D eigenvalue weighted by Gasteiger charge is 2.24. The molecule has 0 amide bonds. The first-order valence-electron chi connectivity index (χ1n) is 10.6. The zero-order valence-electron chi connectivity index (χ0n) is 19.3. The van der Waals surface area contributed by atoms with Crippen LogP contribution in [0.1, 0.15) is 29.3 Å². The third kappa shape index (κ3) is 5.17.